The van der Waals surface area contributed by atoms with Crippen molar-refractivity contribution in [3.63, 3.8) is 0 Å². The Kier molecular flexibility index (Phi) is 4.93. The Labute approximate surface area is 110 Å². The van der Waals surface area contributed by atoms with Crippen LogP contribution < -0.4 is 10.2 Å². The molecule has 0 amide bonds. The Hall–Kier alpha value is -1.16. The third-order valence-corrected chi connectivity index (χ3v) is 3.39. The Morgan fingerprint density at radius 3 is 3.11 bits per heavy atom. The van der Waals surface area contributed by atoms with Gasteiger partial charge in [0.15, 0.2) is 0 Å². The molecule has 0 bridgehead atoms. The number of aromatic nitrogens is 2. The zero-order chi connectivity index (χ0) is 12.8. The fraction of sp³-hybridized carbons (Fsp3) is 0.714. The second-order valence-corrected chi connectivity index (χ2v) is 5.24. The Bertz CT molecular complexity index is 367. The molecule has 2 heterocycles. The van der Waals surface area contributed by atoms with Gasteiger partial charge in [0.1, 0.15) is 5.82 Å². The van der Waals surface area contributed by atoms with Crippen LogP contribution >= 0.6 is 0 Å². The maximum atomic E-state index is 4.70. The lowest BCUT2D eigenvalue weighted by Gasteiger charge is -2.31. The minimum Gasteiger partial charge on any atom is -0.355 e. The number of rotatable bonds is 5. The normalized spacial score (nSPS) is 20.1. The number of hydrogen-bond donors (Lipinski definition) is 1. The van der Waals surface area contributed by atoms with Gasteiger partial charge in [0.25, 0.3) is 0 Å². The van der Waals surface area contributed by atoms with Gasteiger partial charge in [0.2, 0.25) is 0 Å². The smallest absolute Gasteiger partial charge is 0.147 e. The summed E-state index contributed by atoms with van der Waals surface area (Å²) in [7, 11) is 0. The molecule has 1 aromatic heterocycles. The van der Waals surface area contributed by atoms with E-state index in [0.29, 0.717) is 0 Å². The minimum absolute atomic E-state index is 0.766. The summed E-state index contributed by atoms with van der Waals surface area (Å²) < 4.78 is 0. The molecule has 100 valence electrons. The first-order chi connectivity index (χ1) is 8.79. The van der Waals surface area contributed by atoms with E-state index in [1.807, 2.05) is 12.4 Å². The summed E-state index contributed by atoms with van der Waals surface area (Å²) in [5.74, 6) is 1.81. The second kappa shape index (κ2) is 6.69. The molecule has 0 spiro atoms. The Morgan fingerprint density at radius 1 is 1.44 bits per heavy atom. The van der Waals surface area contributed by atoms with Crippen LogP contribution in [0.15, 0.2) is 12.4 Å². The van der Waals surface area contributed by atoms with Crippen LogP contribution in [0.25, 0.3) is 0 Å². The maximum Gasteiger partial charge on any atom is 0.147 e. The van der Waals surface area contributed by atoms with Crippen molar-refractivity contribution in [2.75, 3.05) is 24.5 Å². The largest absolute Gasteiger partial charge is 0.355 e. The average Bonchev–Trinajstić information content (AvgIpc) is 2.39. The van der Waals surface area contributed by atoms with Gasteiger partial charge in [-0.2, -0.15) is 0 Å². The zero-order valence-corrected chi connectivity index (χ0v) is 11.5. The SMILES string of the molecule is CCCNCc1cncc(N2CCCC(C)C2)n1. The van der Waals surface area contributed by atoms with Crippen molar-refractivity contribution in [3.05, 3.63) is 18.1 Å². The maximum absolute atomic E-state index is 4.70. The van der Waals surface area contributed by atoms with E-state index in [1.165, 1.54) is 12.8 Å². The second-order valence-electron chi connectivity index (χ2n) is 5.24. The third-order valence-electron chi connectivity index (χ3n) is 3.39. The van der Waals surface area contributed by atoms with E-state index in [4.69, 9.17) is 4.98 Å². The summed E-state index contributed by atoms with van der Waals surface area (Å²) in [6.45, 7) is 8.56. The molecule has 0 aromatic carbocycles. The predicted molar refractivity (Wildman–Crippen MR) is 74.6 cm³/mol. The molecule has 0 radical (unpaired) electrons. The summed E-state index contributed by atoms with van der Waals surface area (Å²) in [4.78, 5) is 11.4. The van der Waals surface area contributed by atoms with Crippen LogP contribution in [-0.4, -0.2) is 29.6 Å². The van der Waals surface area contributed by atoms with Crippen LogP contribution in [-0.2, 0) is 6.54 Å². The van der Waals surface area contributed by atoms with Gasteiger partial charge in [-0.15, -0.1) is 0 Å². The number of hydrogen-bond acceptors (Lipinski definition) is 4. The van der Waals surface area contributed by atoms with Gasteiger partial charge in [-0.05, 0) is 31.7 Å². The molecule has 4 nitrogen and oxygen atoms in total. The highest BCUT2D eigenvalue weighted by Crippen LogP contribution is 2.20. The summed E-state index contributed by atoms with van der Waals surface area (Å²) in [5.41, 5.74) is 1.04. The summed E-state index contributed by atoms with van der Waals surface area (Å²) >= 11 is 0. The predicted octanol–water partition coefficient (Wildman–Crippen LogP) is 2.21. The number of anilines is 1. The van der Waals surface area contributed by atoms with Crippen molar-refractivity contribution >= 4 is 5.82 Å². The van der Waals surface area contributed by atoms with Crippen molar-refractivity contribution in [1.82, 2.24) is 15.3 Å². The Balaban J connectivity index is 1.97. The van der Waals surface area contributed by atoms with Crippen LogP contribution in [0.5, 0.6) is 0 Å². The van der Waals surface area contributed by atoms with E-state index in [0.717, 1.165) is 50.0 Å². The van der Waals surface area contributed by atoms with Gasteiger partial charge in [0.05, 0.1) is 11.9 Å². The van der Waals surface area contributed by atoms with Crippen LogP contribution in [0.1, 0.15) is 38.8 Å². The van der Waals surface area contributed by atoms with E-state index in [-0.39, 0.29) is 0 Å². The van der Waals surface area contributed by atoms with Crippen LogP contribution in [0.3, 0.4) is 0 Å². The van der Waals surface area contributed by atoms with E-state index < -0.39 is 0 Å². The fourth-order valence-corrected chi connectivity index (χ4v) is 2.42. The lowest BCUT2D eigenvalue weighted by molar-refractivity contribution is 0.444. The van der Waals surface area contributed by atoms with E-state index >= 15 is 0 Å². The molecule has 1 aliphatic heterocycles. The lowest BCUT2D eigenvalue weighted by Crippen LogP contribution is -2.35. The number of nitrogens with zero attached hydrogens (tertiary/aromatic N) is 3. The first kappa shape index (κ1) is 13.3. The molecule has 4 heteroatoms. The summed E-state index contributed by atoms with van der Waals surface area (Å²) in [5, 5.41) is 3.37. The van der Waals surface area contributed by atoms with Gasteiger partial charge in [0, 0.05) is 25.8 Å². The van der Waals surface area contributed by atoms with Gasteiger partial charge in [-0.1, -0.05) is 13.8 Å². The average molecular weight is 248 g/mol. The van der Waals surface area contributed by atoms with Gasteiger partial charge < -0.3 is 10.2 Å². The molecule has 1 saturated heterocycles. The lowest BCUT2D eigenvalue weighted by atomic mass is 10.0. The molecular formula is C14H24N4. The molecule has 0 aliphatic carbocycles. The summed E-state index contributed by atoms with van der Waals surface area (Å²) in [6, 6.07) is 0. The highest BCUT2D eigenvalue weighted by Gasteiger charge is 2.17. The van der Waals surface area contributed by atoms with Gasteiger partial charge in [-0.25, -0.2) is 4.98 Å². The minimum atomic E-state index is 0.766. The Morgan fingerprint density at radius 2 is 2.33 bits per heavy atom. The van der Waals surface area contributed by atoms with Crippen LogP contribution in [0.2, 0.25) is 0 Å². The zero-order valence-electron chi connectivity index (χ0n) is 11.5. The quantitative estimate of drug-likeness (QED) is 0.811. The van der Waals surface area contributed by atoms with Crippen molar-refractivity contribution in [1.29, 1.82) is 0 Å². The van der Waals surface area contributed by atoms with Crippen molar-refractivity contribution in [3.8, 4) is 0 Å². The van der Waals surface area contributed by atoms with Crippen molar-refractivity contribution in [2.45, 2.75) is 39.7 Å². The molecule has 2 rings (SSSR count). The van der Waals surface area contributed by atoms with Gasteiger partial charge in [-0.3, -0.25) is 4.98 Å². The van der Waals surface area contributed by atoms with Crippen LogP contribution in [0.4, 0.5) is 5.82 Å². The molecule has 1 aromatic rings. The molecule has 1 aliphatic rings. The topological polar surface area (TPSA) is 41.1 Å². The van der Waals surface area contributed by atoms with E-state index in [9.17, 15) is 0 Å². The molecule has 1 atom stereocenters. The standard InChI is InChI=1S/C14H24N4/c1-3-6-15-8-13-9-16-10-14(17-13)18-7-4-5-12(2)11-18/h9-10,12,15H,3-8,11H2,1-2H3. The molecule has 0 saturated carbocycles. The van der Waals surface area contributed by atoms with Crippen molar-refractivity contribution in [2.24, 2.45) is 5.92 Å². The monoisotopic (exact) mass is 248 g/mol. The molecule has 1 unspecified atom stereocenters. The molecular weight excluding hydrogens is 224 g/mol. The number of nitrogens with one attached hydrogen (secondary N) is 1. The van der Waals surface area contributed by atoms with Crippen molar-refractivity contribution < 1.29 is 0 Å². The molecule has 1 fully saturated rings. The van der Waals surface area contributed by atoms with E-state index in [2.05, 4.69) is 29.0 Å². The molecule has 1 N–H and O–H groups in total. The highest BCUT2D eigenvalue weighted by molar-refractivity contribution is 5.36. The fourth-order valence-electron chi connectivity index (χ4n) is 2.42. The first-order valence-corrected chi connectivity index (χ1v) is 7.06. The number of piperidine rings is 1. The van der Waals surface area contributed by atoms with E-state index in [1.54, 1.807) is 0 Å². The van der Waals surface area contributed by atoms with Gasteiger partial charge >= 0.3 is 0 Å². The first-order valence-electron chi connectivity index (χ1n) is 7.06. The molecule has 18 heavy (non-hydrogen) atoms. The highest BCUT2D eigenvalue weighted by atomic mass is 15.2. The van der Waals surface area contributed by atoms with Crippen LogP contribution in [0, 0.1) is 5.92 Å². The third kappa shape index (κ3) is 3.67. The summed E-state index contributed by atoms with van der Waals surface area (Å²) in [6.07, 6.45) is 7.50.